The summed E-state index contributed by atoms with van der Waals surface area (Å²) in [5.74, 6) is 0.451. The highest BCUT2D eigenvalue weighted by Gasteiger charge is 2.19. The minimum Gasteiger partial charge on any atom is -0.467 e. The first-order valence-electron chi connectivity index (χ1n) is 8.50. The van der Waals surface area contributed by atoms with E-state index >= 15 is 0 Å². The number of hydrogen-bond acceptors (Lipinski definition) is 5. The Labute approximate surface area is 156 Å². The smallest absolute Gasteiger partial charge is 0.292 e. The highest BCUT2D eigenvalue weighted by Crippen LogP contribution is 2.24. The van der Waals surface area contributed by atoms with Crippen molar-refractivity contribution < 1.29 is 14.1 Å². The number of amides is 1. The fraction of sp³-hybridized carbons (Fsp3) is 0.150. The fourth-order valence-corrected chi connectivity index (χ4v) is 2.75. The first-order chi connectivity index (χ1) is 13.1. The Balaban J connectivity index is 1.62. The maximum Gasteiger partial charge on any atom is 0.292 e. The van der Waals surface area contributed by atoms with Crippen LogP contribution in [0.3, 0.4) is 0 Å². The number of rotatable bonds is 8. The lowest BCUT2D eigenvalue weighted by molar-refractivity contribution is -0.384. The second-order valence-electron chi connectivity index (χ2n) is 5.88. The first-order valence-corrected chi connectivity index (χ1v) is 8.50. The van der Waals surface area contributed by atoms with E-state index in [4.69, 9.17) is 4.42 Å². The van der Waals surface area contributed by atoms with Crippen molar-refractivity contribution in [3.63, 3.8) is 0 Å². The summed E-state index contributed by atoms with van der Waals surface area (Å²) in [4.78, 5) is 23.0. The fourth-order valence-electron chi connectivity index (χ4n) is 2.75. The molecule has 3 aromatic rings. The largest absolute Gasteiger partial charge is 0.467 e. The van der Waals surface area contributed by atoms with Crippen molar-refractivity contribution in [3.05, 3.63) is 94.4 Å². The summed E-state index contributed by atoms with van der Waals surface area (Å²) in [6.45, 7) is 0.274. The van der Waals surface area contributed by atoms with E-state index in [0.717, 1.165) is 5.56 Å². The van der Waals surface area contributed by atoms with Crippen LogP contribution in [-0.2, 0) is 4.79 Å². The molecule has 0 saturated carbocycles. The molecule has 2 N–H and O–H groups in total. The van der Waals surface area contributed by atoms with Crippen LogP contribution in [0.25, 0.3) is 0 Å². The molecule has 0 aliphatic carbocycles. The molecule has 0 aliphatic rings. The third kappa shape index (κ3) is 4.72. The van der Waals surface area contributed by atoms with Gasteiger partial charge in [0, 0.05) is 19.0 Å². The molecule has 2 aromatic carbocycles. The van der Waals surface area contributed by atoms with Gasteiger partial charge >= 0.3 is 0 Å². The van der Waals surface area contributed by atoms with Crippen LogP contribution >= 0.6 is 0 Å². The number of anilines is 1. The summed E-state index contributed by atoms with van der Waals surface area (Å²) >= 11 is 0. The van der Waals surface area contributed by atoms with Gasteiger partial charge in [0.25, 0.3) is 5.69 Å². The van der Waals surface area contributed by atoms with Gasteiger partial charge in [-0.05, 0) is 23.8 Å². The van der Waals surface area contributed by atoms with Crippen LogP contribution < -0.4 is 10.6 Å². The molecule has 138 valence electrons. The van der Waals surface area contributed by atoms with Gasteiger partial charge in [0.15, 0.2) is 0 Å². The Morgan fingerprint density at radius 3 is 2.48 bits per heavy atom. The Hall–Kier alpha value is -3.61. The average molecular weight is 365 g/mol. The van der Waals surface area contributed by atoms with Crippen LogP contribution in [0.15, 0.2) is 77.4 Å². The number of nitro groups is 1. The van der Waals surface area contributed by atoms with Crippen LogP contribution in [0.1, 0.15) is 23.8 Å². The molecule has 1 unspecified atom stereocenters. The molecule has 0 bridgehead atoms. The second-order valence-corrected chi connectivity index (χ2v) is 5.88. The lowest BCUT2D eigenvalue weighted by Gasteiger charge is -2.17. The van der Waals surface area contributed by atoms with E-state index in [1.807, 2.05) is 36.4 Å². The minimum absolute atomic E-state index is 0.0179. The van der Waals surface area contributed by atoms with E-state index in [-0.39, 0.29) is 30.6 Å². The van der Waals surface area contributed by atoms with Gasteiger partial charge in [0.2, 0.25) is 5.91 Å². The lowest BCUT2D eigenvalue weighted by Crippen LogP contribution is -2.30. The number of nitro benzene ring substituents is 1. The van der Waals surface area contributed by atoms with Gasteiger partial charge in [-0.3, -0.25) is 14.9 Å². The number of carbonyl (C=O) groups excluding carboxylic acids is 1. The number of carbonyl (C=O) groups is 1. The third-order valence-electron chi connectivity index (χ3n) is 4.03. The third-order valence-corrected chi connectivity index (χ3v) is 4.03. The van der Waals surface area contributed by atoms with E-state index in [2.05, 4.69) is 10.6 Å². The molecule has 3 rings (SSSR count). The number of hydrogen-bond donors (Lipinski definition) is 2. The van der Waals surface area contributed by atoms with Gasteiger partial charge in [-0.15, -0.1) is 0 Å². The first kappa shape index (κ1) is 18.2. The van der Waals surface area contributed by atoms with Crippen molar-refractivity contribution in [2.75, 3.05) is 11.9 Å². The molecule has 0 radical (unpaired) electrons. The number of para-hydroxylation sites is 2. The summed E-state index contributed by atoms with van der Waals surface area (Å²) in [5.41, 5.74) is 1.28. The van der Waals surface area contributed by atoms with Gasteiger partial charge in [-0.1, -0.05) is 42.5 Å². The molecule has 0 spiro atoms. The lowest BCUT2D eigenvalue weighted by atomic mass is 10.0. The van der Waals surface area contributed by atoms with Gasteiger partial charge in [-0.2, -0.15) is 0 Å². The predicted octanol–water partition coefficient (Wildman–Crippen LogP) is 3.90. The van der Waals surface area contributed by atoms with Crippen LogP contribution in [0.5, 0.6) is 0 Å². The van der Waals surface area contributed by atoms with E-state index in [0.29, 0.717) is 11.4 Å². The summed E-state index contributed by atoms with van der Waals surface area (Å²) in [6.07, 6.45) is 1.73. The molecule has 7 heteroatoms. The average Bonchev–Trinajstić information content (AvgIpc) is 3.21. The second kappa shape index (κ2) is 8.66. The molecule has 1 amide bonds. The highest BCUT2D eigenvalue weighted by atomic mass is 16.6. The Bertz CT molecular complexity index is 895. The summed E-state index contributed by atoms with van der Waals surface area (Å²) in [7, 11) is 0. The van der Waals surface area contributed by atoms with Gasteiger partial charge in [0.05, 0.1) is 11.2 Å². The highest BCUT2D eigenvalue weighted by molar-refractivity contribution is 5.77. The number of benzene rings is 2. The van der Waals surface area contributed by atoms with Crippen LogP contribution in [0, 0.1) is 10.1 Å². The van der Waals surface area contributed by atoms with E-state index in [9.17, 15) is 14.9 Å². The van der Waals surface area contributed by atoms with E-state index in [1.165, 1.54) is 6.07 Å². The van der Waals surface area contributed by atoms with Crippen molar-refractivity contribution in [1.82, 2.24) is 5.32 Å². The molecular formula is C20H19N3O4. The van der Waals surface area contributed by atoms with Crippen LogP contribution in [0.4, 0.5) is 11.4 Å². The van der Waals surface area contributed by atoms with Crippen molar-refractivity contribution in [1.29, 1.82) is 0 Å². The molecular weight excluding hydrogens is 346 g/mol. The van der Waals surface area contributed by atoms with Crippen molar-refractivity contribution in [2.45, 2.75) is 12.5 Å². The number of nitrogens with zero attached hydrogens (tertiary/aromatic N) is 1. The van der Waals surface area contributed by atoms with Crippen molar-refractivity contribution >= 4 is 17.3 Å². The van der Waals surface area contributed by atoms with Crippen molar-refractivity contribution in [2.24, 2.45) is 0 Å². The summed E-state index contributed by atoms with van der Waals surface area (Å²) in [6, 6.07) is 19.1. The topological polar surface area (TPSA) is 97.4 Å². The SMILES string of the molecule is O=C(CCNc1ccccc1[N+](=O)[O-])NC(c1ccccc1)c1ccco1. The summed E-state index contributed by atoms with van der Waals surface area (Å²) < 4.78 is 5.46. The van der Waals surface area contributed by atoms with Gasteiger partial charge in [0.1, 0.15) is 17.5 Å². The predicted molar refractivity (Wildman–Crippen MR) is 101 cm³/mol. The zero-order valence-corrected chi connectivity index (χ0v) is 14.5. The monoisotopic (exact) mass is 365 g/mol. The summed E-state index contributed by atoms with van der Waals surface area (Å²) in [5, 5.41) is 16.9. The molecule has 1 heterocycles. The zero-order valence-electron chi connectivity index (χ0n) is 14.5. The molecule has 7 nitrogen and oxygen atoms in total. The van der Waals surface area contributed by atoms with Gasteiger partial charge in [-0.25, -0.2) is 0 Å². The van der Waals surface area contributed by atoms with E-state index in [1.54, 1.807) is 30.5 Å². The molecule has 0 saturated heterocycles. The van der Waals surface area contributed by atoms with Crippen molar-refractivity contribution in [3.8, 4) is 0 Å². The van der Waals surface area contributed by atoms with Crippen LogP contribution in [0.2, 0.25) is 0 Å². The zero-order chi connectivity index (χ0) is 19.1. The van der Waals surface area contributed by atoms with E-state index < -0.39 is 4.92 Å². The standard InChI is InChI=1S/C20H19N3O4/c24-19(12-13-21-16-9-4-5-10-17(16)23(25)26)22-20(18-11-6-14-27-18)15-7-2-1-3-8-15/h1-11,14,20-21H,12-13H2,(H,22,24). The Morgan fingerprint density at radius 1 is 1.04 bits per heavy atom. The number of furan rings is 1. The molecule has 0 aliphatic heterocycles. The number of nitrogens with one attached hydrogen (secondary N) is 2. The molecule has 1 atom stereocenters. The minimum atomic E-state index is -0.454. The maximum absolute atomic E-state index is 12.4. The Morgan fingerprint density at radius 2 is 1.78 bits per heavy atom. The quantitative estimate of drug-likeness (QED) is 0.466. The molecule has 1 aromatic heterocycles. The van der Waals surface area contributed by atoms with Crippen LogP contribution in [-0.4, -0.2) is 17.4 Å². The Kier molecular flexibility index (Phi) is 5.84. The normalized spacial score (nSPS) is 11.6. The maximum atomic E-state index is 12.4. The molecule has 27 heavy (non-hydrogen) atoms. The van der Waals surface area contributed by atoms with Gasteiger partial charge < -0.3 is 15.1 Å². The molecule has 0 fully saturated rings.